The maximum absolute atomic E-state index is 9.75. The van der Waals surface area contributed by atoms with Gasteiger partial charge in [0.15, 0.2) is 0 Å². The summed E-state index contributed by atoms with van der Waals surface area (Å²) in [6, 6.07) is 7.65. The van der Waals surface area contributed by atoms with E-state index in [9.17, 15) is 4.91 Å². The van der Waals surface area contributed by atoms with Crippen LogP contribution in [-0.4, -0.2) is 13.2 Å². The first-order valence-corrected chi connectivity index (χ1v) is 4.59. The average Bonchev–Trinajstić information content (AvgIpc) is 2.09. The SMILES string of the molecule is O=NCCOc1ccccc1I. The predicted octanol–water partition coefficient (Wildman–Crippen LogP) is 2.44. The van der Waals surface area contributed by atoms with Crippen molar-refractivity contribution < 1.29 is 4.74 Å². The van der Waals surface area contributed by atoms with Crippen molar-refractivity contribution in [3.05, 3.63) is 32.7 Å². The van der Waals surface area contributed by atoms with E-state index in [2.05, 4.69) is 27.8 Å². The van der Waals surface area contributed by atoms with Gasteiger partial charge in [-0.3, -0.25) is 0 Å². The van der Waals surface area contributed by atoms with E-state index in [0.717, 1.165) is 9.32 Å². The molecule has 0 unspecified atom stereocenters. The Morgan fingerprint density at radius 2 is 2.17 bits per heavy atom. The van der Waals surface area contributed by atoms with Gasteiger partial charge in [0.25, 0.3) is 0 Å². The highest BCUT2D eigenvalue weighted by atomic mass is 127. The summed E-state index contributed by atoms with van der Waals surface area (Å²) < 4.78 is 6.32. The average molecular weight is 277 g/mol. The number of halogens is 1. The van der Waals surface area contributed by atoms with Gasteiger partial charge in [0.05, 0.1) is 3.57 Å². The molecule has 0 aliphatic heterocycles. The summed E-state index contributed by atoms with van der Waals surface area (Å²) >= 11 is 2.18. The molecule has 12 heavy (non-hydrogen) atoms. The molecular weight excluding hydrogens is 269 g/mol. The Balaban J connectivity index is 2.51. The van der Waals surface area contributed by atoms with Crippen LogP contribution < -0.4 is 4.74 Å². The summed E-state index contributed by atoms with van der Waals surface area (Å²) in [5.74, 6) is 0.807. The van der Waals surface area contributed by atoms with Crippen LogP contribution in [0.1, 0.15) is 0 Å². The van der Waals surface area contributed by atoms with Gasteiger partial charge in [0.1, 0.15) is 18.9 Å². The molecule has 0 aliphatic rings. The monoisotopic (exact) mass is 277 g/mol. The molecule has 0 fully saturated rings. The molecule has 0 saturated heterocycles. The molecule has 0 saturated carbocycles. The first-order valence-electron chi connectivity index (χ1n) is 3.51. The smallest absolute Gasteiger partial charge is 0.132 e. The van der Waals surface area contributed by atoms with E-state index in [1.165, 1.54) is 0 Å². The normalized spacial score (nSPS) is 9.42. The number of para-hydroxylation sites is 1. The Hall–Kier alpha value is -0.650. The first kappa shape index (κ1) is 9.44. The van der Waals surface area contributed by atoms with Crippen molar-refractivity contribution in [1.82, 2.24) is 0 Å². The maximum atomic E-state index is 9.75. The second-order valence-electron chi connectivity index (χ2n) is 2.13. The molecule has 0 heterocycles. The molecule has 0 amide bonds. The standard InChI is InChI=1S/C8H8INO2/c9-7-3-1-2-4-8(7)12-6-5-10-11/h1-4H,5-6H2. The summed E-state index contributed by atoms with van der Waals surface area (Å²) in [6.07, 6.45) is 0. The van der Waals surface area contributed by atoms with Crippen LogP contribution in [-0.2, 0) is 0 Å². The van der Waals surface area contributed by atoms with Gasteiger partial charge < -0.3 is 4.74 Å². The number of benzene rings is 1. The molecular formula is C8H8INO2. The minimum absolute atomic E-state index is 0.199. The Morgan fingerprint density at radius 1 is 1.42 bits per heavy atom. The van der Waals surface area contributed by atoms with Crippen molar-refractivity contribution in [3.63, 3.8) is 0 Å². The molecule has 1 rings (SSSR count). The zero-order valence-electron chi connectivity index (χ0n) is 6.37. The van der Waals surface area contributed by atoms with Gasteiger partial charge in [-0.25, -0.2) is 0 Å². The third kappa shape index (κ3) is 2.77. The summed E-state index contributed by atoms with van der Waals surface area (Å²) in [5.41, 5.74) is 0. The molecule has 0 atom stereocenters. The van der Waals surface area contributed by atoms with Crippen LogP contribution in [0.4, 0.5) is 0 Å². The van der Waals surface area contributed by atoms with Gasteiger partial charge in [0, 0.05) is 0 Å². The molecule has 4 heteroatoms. The lowest BCUT2D eigenvalue weighted by Crippen LogP contribution is -2.01. The van der Waals surface area contributed by atoms with Crippen LogP contribution >= 0.6 is 22.6 Å². The molecule has 0 radical (unpaired) electrons. The first-order chi connectivity index (χ1) is 5.84. The predicted molar refractivity (Wildman–Crippen MR) is 55.3 cm³/mol. The highest BCUT2D eigenvalue weighted by molar-refractivity contribution is 14.1. The van der Waals surface area contributed by atoms with Crippen molar-refractivity contribution >= 4 is 22.6 Å². The molecule has 0 aliphatic carbocycles. The fourth-order valence-corrected chi connectivity index (χ4v) is 1.30. The zero-order valence-corrected chi connectivity index (χ0v) is 8.52. The van der Waals surface area contributed by atoms with Crippen LogP contribution in [0.15, 0.2) is 29.4 Å². The number of hydrogen-bond donors (Lipinski definition) is 0. The van der Waals surface area contributed by atoms with Crippen LogP contribution in [0.3, 0.4) is 0 Å². The molecule has 0 spiro atoms. The summed E-state index contributed by atoms with van der Waals surface area (Å²) in [7, 11) is 0. The minimum Gasteiger partial charge on any atom is -0.490 e. The maximum Gasteiger partial charge on any atom is 0.132 e. The van der Waals surface area contributed by atoms with Crippen molar-refractivity contribution in [2.24, 2.45) is 5.18 Å². The molecule has 0 aromatic heterocycles. The van der Waals surface area contributed by atoms with E-state index in [1.54, 1.807) is 0 Å². The zero-order chi connectivity index (χ0) is 8.81. The van der Waals surface area contributed by atoms with Crippen LogP contribution in [0.25, 0.3) is 0 Å². The van der Waals surface area contributed by atoms with E-state index in [0.29, 0.717) is 6.61 Å². The highest BCUT2D eigenvalue weighted by Crippen LogP contribution is 2.19. The van der Waals surface area contributed by atoms with Crippen LogP contribution in [0.2, 0.25) is 0 Å². The van der Waals surface area contributed by atoms with Gasteiger partial charge in [0.2, 0.25) is 0 Å². The number of ether oxygens (including phenoxy) is 1. The lowest BCUT2D eigenvalue weighted by Gasteiger charge is -2.04. The highest BCUT2D eigenvalue weighted by Gasteiger charge is 1.97. The summed E-state index contributed by atoms with van der Waals surface area (Å²) in [4.78, 5) is 9.75. The summed E-state index contributed by atoms with van der Waals surface area (Å²) in [5, 5.41) is 2.70. The lowest BCUT2D eigenvalue weighted by atomic mass is 10.3. The lowest BCUT2D eigenvalue weighted by molar-refractivity contribution is 0.326. The van der Waals surface area contributed by atoms with Crippen molar-refractivity contribution in [2.75, 3.05) is 13.2 Å². The number of nitrogens with zero attached hydrogens (tertiary/aromatic N) is 1. The van der Waals surface area contributed by atoms with Crippen molar-refractivity contribution in [2.45, 2.75) is 0 Å². The van der Waals surface area contributed by atoms with E-state index in [1.807, 2.05) is 24.3 Å². The molecule has 1 aromatic carbocycles. The third-order valence-electron chi connectivity index (χ3n) is 1.28. The topological polar surface area (TPSA) is 38.7 Å². The van der Waals surface area contributed by atoms with Crippen molar-refractivity contribution in [3.8, 4) is 5.75 Å². The van der Waals surface area contributed by atoms with Crippen LogP contribution in [0.5, 0.6) is 5.75 Å². The van der Waals surface area contributed by atoms with Gasteiger partial charge in [-0.05, 0) is 34.7 Å². The Labute approximate surface area is 84.2 Å². The van der Waals surface area contributed by atoms with E-state index in [4.69, 9.17) is 4.74 Å². The summed E-state index contributed by atoms with van der Waals surface area (Å²) in [6.45, 7) is 0.550. The number of hydrogen-bond acceptors (Lipinski definition) is 3. The second kappa shape index (κ2) is 5.08. The Bertz CT molecular complexity index is 265. The largest absolute Gasteiger partial charge is 0.490 e. The Morgan fingerprint density at radius 3 is 2.83 bits per heavy atom. The number of rotatable bonds is 4. The fraction of sp³-hybridized carbons (Fsp3) is 0.250. The van der Waals surface area contributed by atoms with E-state index < -0.39 is 0 Å². The van der Waals surface area contributed by atoms with Crippen LogP contribution in [0, 0.1) is 8.48 Å². The minimum atomic E-state index is 0.199. The van der Waals surface area contributed by atoms with E-state index in [-0.39, 0.29) is 6.54 Å². The molecule has 0 N–H and O–H groups in total. The second-order valence-corrected chi connectivity index (χ2v) is 3.29. The van der Waals surface area contributed by atoms with Gasteiger partial charge in [-0.1, -0.05) is 17.3 Å². The van der Waals surface area contributed by atoms with Gasteiger partial charge >= 0.3 is 0 Å². The van der Waals surface area contributed by atoms with Gasteiger partial charge in [-0.15, -0.1) is 0 Å². The molecule has 3 nitrogen and oxygen atoms in total. The molecule has 1 aromatic rings. The fourth-order valence-electron chi connectivity index (χ4n) is 0.755. The molecule has 64 valence electrons. The van der Waals surface area contributed by atoms with Crippen molar-refractivity contribution in [1.29, 1.82) is 0 Å². The van der Waals surface area contributed by atoms with Gasteiger partial charge in [-0.2, -0.15) is 4.91 Å². The third-order valence-corrected chi connectivity index (χ3v) is 2.17. The number of nitroso groups, excluding NO2 is 1. The van der Waals surface area contributed by atoms with E-state index >= 15 is 0 Å². The Kier molecular flexibility index (Phi) is 3.99. The molecule has 0 bridgehead atoms. The quantitative estimate of drug-likeness (QED) is 0.481.